The molecule has 2 nitrogen and oxygen atoms in total. The number of nitrogens with two attached hydrogens (primary N) is 1. The molecule has 0 aromatic heterocycles. The summed E-state index contributed by atoms with van der Waals surface area (Å²) in [5.74, 6) is 0.776. The lowest BCUT2D eigenvalue weighted by Crippen LogP contribution is -2.29. The van der Waals surface area contributed by atoms with Crippen LogP contribution in [0.25, 0.3) is 0 Å². The molecule has 0 amide bonds. The van der Waals surface area contributed by atoms with Gasteiger partial charge in [0.2, 0.25) is 0 Å². The van der Waals surface area contributed by atoms with Crippen LogP contribution < -0.4 is 11.1 Å². The van der Waals surface area contributed by atoms with E-state index in [0.29, 0.717) is 5.41 Å². The summed E-state index contributed by atoms with van der Waals surface area (Å²) in [6, 6.07) is 0.817. The fraction of sp³-hybridized carbons (Fsp3) is 1.00. The molecule has 0 saturated heterocycles. The number of hydrogen-bond acceptors (Lipinski definition) is 2. The van der Waals surface area contributed by atoms with E-state index in [1.165, 1.54) is 51.5 Å². The number of nitrogens with one attached hydrogen (secondary N) is 1. The molecule has 3 N–H and O–H groups in total. The van der Waals surface area contributed by atoms with Gasteiger partial charge in [0.1, 0.15) is 0 Å². The van der Waals surface area contributed by atoms with E-state index in [1.807, 2.05) is 0 Å². The zero-order chi connectivity index (χ0) is 12.7. The summed E-state index contributed by atoms with van der Waals surface area (Å²) >= 11 is 0. The first kappa shape index (κ1) is 15.0. The molecule has 2 heteroatoms. The van der Waals surface area contributed by atoms with Crippen molar-refractivity contribution < 1.29 is 0 Å². The van der Waals surface area contributed by atoms with Gasteiger partial charge < -0.3 is 11.1 Å². The third kappa shape index (κ3) is 5.87. The van der Waals surface area contributed by atoms with Crippen LogP contribution >= 0.6 is 0 Å². The lowest BCUT2D eigenvalue weighted by molar-refractivity contribution is 0.210. The third-order valence-corrected chi connectivity index (χ3v) is 4.26. The second-order valence-electron chi connectivity index (χ2n) is 6.72. The molecule has 1 atom stereocenters. The van der Waals surface area contributed by atoms with Crippen molar-refractivity contribution in [3.63, 3.8) is 0 Å². The van der Waals surface area contributed by atoms with Gasteiger partial charge >= 0.3 is 0 Å². The van der Waals surface area contributed by atoms with Crippen molar-refractivity contribution in [3.05, 3.63) is 0 Å². The van der Waals surface area contributed by atoms with Crippen LogP contribution in [0.5, 0.6) is 0 Å². The van der Waals surface area contributed by atoms with Gasteiger partial charge in [-0.3, -0.25) is 0 Å². The zero-order valence-electron chi connectivity index (χ0n) is 12.1. The Morgan fingerprint density at radius 1 is 1.18 bits per heavy atom. The molecular formula is C15H32N2. The fourth-order valence-corrected chi connectivity index (χ4v) is 3.00. The SMILES string of the molecule is CC(C)(C)C(CCN)CCCNC1CCCC1. The Balaban J connectivity index is 2.13. The molecule has 0 aromatic carbocycles. The average Bonchev–Trinajstić information content (AvgIpc) is 2.74. The molecule has 0 aromatic rings. The highest BCUT2D eigenvalue weighted by Crippen LogP contribution is 2.31. The molecule has 1 aliphatic rings. The standard InChI is InChI=1S/C15H32N2/c1-15(2,3)13(10-11-16)7-6-12-17-14-8-4-5-9-14/h13-14,17H,4-12,16H2,1-3H3. The van der Waals surface area contributed by atoms with E-state index in [4.69, 9.17) is 5.73 Å². The smallest absolute Gasteiger partial charge is 0.00670 e. The lowest BCUT2D eigenvalue weighted by atomic mass is 9.76. The third-order valence-electron chi connectivity index (χ3n) is 4.26. The first-order valence-corrected chi connectivity index (χ1v) is 7.47. The van der Waals surface area contributed by atoms with Crippen LogP contribution in [0, 0.1) is 11.3 Å². The van der Waals surface area contributed by atoms with Gasteiger partial charge in [-0.25, -0.2) is 0 Å². The van der Waals surface area contributed by atoms with Crippen molar-refractivity contribution in [1.82, 2.24) is 5.32 Å². The number of rotatable bonds is 7. The quantitative estimate of drug-likeness (QED) is 0.670. The Bertz CT molecular complexity index is 190. The van der Waals surface area contributed by atoms with E-state index in [0.717, 1.165) is 18.5 Å². The highest BCUT2D eigenvalue weighted by atomic mass is 14.9. The summed E-state index contributed by atoms with van der Waals surface area (Å²) in [6.07, 6.45) is 9.44. The molecule has 1 fully saturated rings. The normalized spacial score (nSPS) is 19.8. The average molecular weight is 240 g/mol. The Kier molecular flexibility index (Phi) is 6.50. The second kappa shape index (κ2) is 7.38. The maximum absolute atomic E-state index is 5.71. The zero-order valence-corrected chi connectivity index (χ0v) is 12.1. The fourth-order valence-electron chi connectivity index (χ4n) is 3.00. The molecule has 0 bridgehead atoms. The molecule has 1 rings (SSSR count). The van der Waals surface area contributed by atoms with Crippen LogP contribution in [0.2, 0.25) is 0 Å². The molecular weight excluding hydrogens is 208 g/mol. The molecule has 0 heterocycles. The molecule has 1 saturated carbocycles. The van der Waals surface area contributed by atoms with Crippen LogP contribution in [0.15, 0.2) is 0 Å². The highest BCUT2D eigenvalue weighted by molar-refractivity contribution is 4.76. The van der Waals surface area contributed by atoms with Gasteiger partial charge in [-0.15, -0.1) is 0 Å². The van der Waals surface area contributed by atoms with Crippen LogP contribution in [-0.4, -0.2) is 19.1 Å². The van der Waals surface area contributed by atoms with Crippen molar-refractivity contribution in [3.8, 4) is 0 Å². The predicted molar refractivity (Wildman–Crippen MR) is 76.1 cm³/mol. The molecule has 0 radical (unpaired) electrons. The monoisotopic (exact) mass is 240 g/mol. The van der Waals surface area contributed by atoms with Crippen LogP contribution in [0.4, 0.5) is 0 Å². The Hall–Kier alpha value is -0.0800. The largest absolute Gasteiger partial charge is 0.330 e. The van der Waals surface area contributed by atoms with Gasteiger partial charge in [-0.05, 0) is 56.5 Å². The minimum Gasteiger partial charge on any atom is -0.330 e. The summed E-state index contributed by atoms with van der Waals surface area (Å²) in [7, 11) is 0. The molecule has 17 heavy (non-hydrogen) atoms. The van der Waals surface area contributed by atoms with Crippen LogP contribution in [0.1, 0.15) is 65.7 Å². The molecule has 0 spiro atoms. The topological polar surface area (TPSA) is 38.0 Å². The summed E-state index contributed by atoms with van der Waals surface area (Å²) in [5.41, 5.74) is 6.12. The van der Waals surface area contributed by atoms with Gasteiger partial charge in [0, 0.05) is 6.04 Å². The maximum atomic E-state index is 5.71. The van der Waals surface area contributed by atoms with E-state index >= 15 is 0 Å². The van der Waals surface area contributed by atoms with E-state index in [1.54, 1.807) is 0 Å². The second-order valence-corrected chi connectivity index (χ2v) is 6.72. The first-order valence-electron chi connectivity index (χ1n) is 7.47. The Labute approximate surface area is 108 Å². The maximum Gasteiger partial charge on any atom is 0.00670 e. The number of hydrogen-bond donors (Lipinski definition) is 2. The Morgan fingerprint density at radius 2 is 1.82 bits per heavy atom. The van der Waals surface area contributed by atoms with Gasteiger partial charge in [-0.2, -0.15) is 0 Å². The van der Waals surface area contributed by atoms with Crippen molar-refractivity contribution in [2.24, 2.45) is 17.1 Å². The van der Waals surface area contributed by atoms with Crippen molar-refractivity contribution in [2.75, 3.05) is 13.1 Å². The minimum absolute atomic E-state index is 0.409. The van der Waals surface area contributed by atoms with E-state index < -0.39 is 0 Å². The molecule has 1 unspecified atom stereocenters. The van der Waals surface area contributed by atoms with E-state index in [2.05, 4.69) is 26.1 Å². The van der Waals surface area contributed by atoms with Gasteiger partial charge in [0.05, 0.1) is 0 Å². The minimum atomic E-state index is 0.409. The van der Waals surface area contributed by atoms with Crippen molar-refractivity contribution in [1.29, 1.82) is 0 Å². The highest BCUT2D eigenvalue weighted by Gasteiger charge is 2.23. The van der Waals surface area contributed by atoms with E-state index in [-0.39, 0.29) is 0 Å². The van der Waals surface area contributed by atoms with Gasteiger partial charge in [-0.1, -0.05) is 33.6 Å². The van der Waals surface area contributed by atoms with Gasteiger partial charge in [0.15, 0.2) is 0 Å². The summed E-state index contributed by atoms with van der Waals surface area (Å²) in [4.78, 5) is 0. The Morgan fingerprint density at radius 3 is 2.35 bits per heavy atom. The van der Waals surface area contributed by atoms with Crippen LogP contribution in [0.3, 0.4) is 0 Å². The van der Waals surface area contributed by atoms with E-state index in [9.17, 15) is 0 Å². The van der Waals surface area contributed by atoms with Crippen molar-refractivity contribution in [2.45, 2.75) is 71.8 Å². The van der Waals surface area contributed by atoms with Crippen molar-refractivity contribution >= 4 is 0 Å². The molecule has 0 aliphatic heterocycles. The lowest BCUT2D eigenvalue weighted by Gasteiger charge is -2.30. The molecule has 1 aliphatic carbocycles. The summed E-state index contributed by atoms with van der Waals surface area (Å²) in [5, 5.41) is 3.70. The summed E-state index contributed by atoms with van der Waals surface area (Å²) in [6.45, 7) is 9.06. The molecule has 102 valence electrons. The van der Waals surface area contributed by atoms with Gasteiger partial charge in [0.25, 0.3) is 0 Å². The first-order chi connectivity index (χ1) is 8.04. The predicted octanol–water partition coefficient (Wildman–Crippen LogP) is 3.31. The summed E-state index contributed by atoms with van der Waals surface area (Å²) < 4.78 is 0. The van der Waals surface area contributed by atoms with Crippen LogP contribution in [-0.2, 0) is 0 Å².